The molecule has 1 aromatic carbocycles. The number of benzene rings is 1. The van der Waals surface area contributed by atoms with E-state index in [4.69, 9.17) is 0 Å². The summed E-state index contributed by atoms with van der Waals surface area (Å²) in [6.45, 7) is 0. The molecule has 0 unspecified atom stereocenters. The van der Waals surface area contributed by atoms with Crippen molar-refractivity contribution in [1.29, 1.82) is 0 Å². The topological polar surface area (TPSA) is 45.1 Å². The number of pyridine rings is 1. The van der Waals surface area contributed by atoms with Crippen LogP contribution in [-0.2, 0) is 0 Å². The van der Waals surface area contributed by atoms with Gasteiger partial charge in [0.15, 0.2) is 0 Å². The van der Waals surface area contributed by atoms with Crippen molar-refractivity contribution >= 4 is 16.6 Å². The summed E-state index contributed by atoms with van der Waals surface area (Å²) in [4.78, 5) is 4.25. The Balaban J connectivity index is 2.02. The third-order valence-corrected chi connectivity index (χ3v) is 3.19. The summed E-state index contributed by atoms with van der Waals surface area (Å²) < 4.78 is 0. The highest BCUT2D eigenvalue weighted by atomic mass is 16.3. The van der Waals surface area contributed by atoms with Crippen LogP contribution < -0.4 is 5.32 Å². The third kappa shape index (κ3) is 1.58. The molecule has 0 aliphatic heterocycles. The summed E-state index contributed by atoms with van der Waals surface area (Å²) in [6, 6.07) is 7.92. The molecule has 0 atom stereocenters. The largest absolute Gasteiger partial charge is 0.508 e. The second-order valence-electron chi connectivity index (χ2n) is 4.33. The molecule has 1 fully saturated rings. The lowest BCUT2D eigenvalue weighted by Crippen LogP contribution is -2.27. The average Bonchev–Trinajstić information content (AvgIpc) is 2.23. The van der Waals surface area contributed by atoms with Crippen LogP contribution in [-0.4, -0.2) is 16.1 Å². The molecule has 2 N–H and O–H groups in total. The van der Waals surface area contributed by atoms with Crippen LogP contribution in [0.4, 0.5) is 5.69 Å². The number of nitrogens with one attached hydrogen (secondary N) is 1. The zero-order chi connectivity index (χ0) is 11.0. The first-order chi connectivity index (χ1) is 7.83. The Bertz CT molecular complexity index is 520. The maximum atomic E-state index is 9.40. The molecule has 2 aromatic rings. The van der Waals surface area contributed by atoms with E-state index >= 15 is 0 Å². The lowest BCUT2D eigenvalue weighted by Gasteiger charge is -2.28. The molecule has 0 radical (unpaired) electrons. The first kappa shape index (κ1) is 9.46. The van der Waals surface area contributed by atoms with Gasteiger partial charge in [-0.05, 0) is 37.5 Å². The van der Waals surface area contributed by atoms with E-state index in [0.29, 0.717) is 6.04 Å². The number of phenolic OH excluding ortho intramolecular Hbond substituents is 1. The molecule has 0 bridgehead atoms. The maximum absolute atomic E-state index is 9.40. The molecular formula is C13H14N2O. The molecule has 1 saturated carbocycles. The molecule has 3 nitrogen and oxygen atoms in total. The van der Waals surface area contributed by atoms with Gasteiger partial charge in [-0.1, -0.05) is 0 Å². The van der Waals surface area contributed by atoms with Crippen molar-refractivity contribution in [2.75, 3.05) is 5.32 Å². The van der Waals surface area contributed by atoms with Crippen LogP contribution >= 0.6 is 0 Å². The molecule has 0 amide bonds. The van der Waals surface area contributed by atoms with Crippen molar-refractivity contribution < 1.29 is 5.11 Å². The van der Waals surface area contributed by atoms with Gasteiger partial charge in [-0.15, -0.1) is 0 Å². The normalized spacial score (nSPS) is 16.0. The predicted molar refractivity (Wildman–Crippen MR) is 64.7 cm³/mol. The highest BCUT2D eigenvalue weighted by molar-refractivity contribution is 5.91. The SMILES string of the molecule is Oc1ccc2c(NC3CCC3)ccnc2c1. The fourth-order valence-corrected chi connectivity index (χ4v) is 2.03. The van der Waals surface area contributed by atoms with Gasteiger partial charge in [0.1, 0.15) is 5.75 Å². The molecule has 0 saturated heterocycles. The summed E-state index contributed by atoms with van der Waals surface area (Å²) in [5, 5.41) is 14.0. The van der Waals surface area contributed by atoms with Gasteiger partial charge in [0.25, 0.3) is 0 Å². The van der Waals surface area contributed by atoms with E-state index in [0.717, 1.165) is 16.6 Å². The minimum Gasteiger partial charge on any atom is -0.508 e. The Hall–Kier alpha value is -1.77. The maximum Gasteiger partial charge on any atom is 0.117 e. The first-order valence-electron chi connectivity index (χ1n) is 5.67. The Morgan fingerprint density at radius 3 is 2.88 bits per heavy atom. The number of nitrogens with zero attached hydrogens (tertiary/aromatic N) is 1. The third-order valence-electron chi connectivity index (χ3n) is 3.19. The highest BCUT2D eigenvalue weighted by Crippen LogP contribution is 2.29. The molecule has 1 aliphatic carbocycles. The molecule has 16 heavy (non-hydrogen) atoms. The average molecular weight is 214 g/mol. The number of phenols is 1. The molecule has 1 heterocycles. The van der Waals surface area contributed by atoms with Crippen LogP contribution in [0.5, 0.6) is 5.75 Å². The molecule has 0 spiro atoms. The molecule has 3 heteroatoms. The molecular weight excluding hydrogens is 200 g/mol. The molecule has 82 valence electrons. The van der Waals surface area contributed by atoms with Gasteiger partial charge < -0.3 is 10.4 Å². The van der Waals surface area contributed by atoms with E-state index < -0.39 is 0 Å². The fourth-order valence-electron chi connectivity index (χ4n) is 2.03. The number of fused-ring (bicyclic) bond motifs is 1. The second-order valence-corrected chi connectivity index (χ2v) is 4.33. The van der Waals surface area contributed by atoms with E-state index in [2.05, 4.69) is 10.3 Å². The van der Waals surface area contributed by atoms with Crippen LogP contribution in [0.3, 0.4) is 0 Å². The highest BCUT2D eigenvalue weighted by Gasteiger charge is 2.17. The van der Waals surface area contributed by atoms with Crippen LogP contribution in [0.15, 0.2) is 30.5 Å². The summed E-state index contributed by atoms with van der Waals surface area (Å²) in [6.07, 6.45) is 5.61. The summed E-state index contributed by atoms with van der Waals surface area (Å²) >= 11 is 0. The van der Waals surface area contributed by atoms with Crippen molar-refractivity contribution in [3.05, 3.63) is 30.5 Å². The van der Waals surface area contributed by atoms with Gasteiger partial charge in [0.05, 0.1) is 5.52 Å². The standard InChI is InChI=1S/C13H14N2O/c16-10-4-5-11-12(15-9-2-1-3-9)6-7-14-13(11)8-10/h4-9,16H,1-3H2,(H,14,15). The number of anilines is 1. The summed E-state index contributed by atoms with van der Waals surface area (Å²) in [7, 11) is 0. The van der Waals surface area contributed by atoms with Gasteiger partial charge in [-0.3, -0.25) is 4.98 Å². The minimum absolute atomic E-state index is 0.265. The Morgan fingerprint density at radius 1 is 1.25 bits per heavy atom. The Labute approximate surface area is 94.1 Å². The number of aromatic nitrogens is 1. The van der Waals surface area contributed by atoms with E-state index in [9.17, 15) is 5.11 Å². The predicted octanol–water partition coefficient (Wildman–Crippen LogP) is 2.90. The van der Waals surface area contributed by atoms with Crippen LogP contribution in [0.1, 0.15) is 19.3 Å². The van der Waals surface area contributed by atoms with Gasteiger partial charge >= 0.3 is 0 Å². The van der Waals surface area contributed by atoms with Gasteiger partial charge in [-0.2, -0.15) is 0 Å². The summed E-state index contributed by atoms with van der Waals surface area (Å²) in [5.74, 6) is 0.265. The van der Waals surface area contributed by atoms with Crippen molar-refractivity contribution in [2.24, 2.45) is 0 Å². The zero-order valence-electron chi connectivity index (χ0n) is 8.98. The van der Waals surface area contributed by atoms with E-state index in [1.54, 1.807) is 18.3 Å². The number of aromatic hydroxyl groups is 1. The lowest BCUT2D eigenvalue weighted by atomic mass is 9.93. The molecule has 1 aliphatic rings. The number of hydrogen-bond donors (Lipinski definition) is 2. The van der Waals surface area contributed by atoms with Crippen LogP contribution in [0, 0.1) is 0 Å². The van der Waals surface area contributed by atoms with Gasteiger partial charge in [0.2, 0.25) is 0 Å². The van der Waals surface area contributed by atoms with Crippen molar-refractivity contribution in [3.63, 3.8) is 0 Å². The van der Waals surface area contributed by atoms with E-state index in [-0.39, 0.29) is 5.75 Å². The van der Waals surface area contributed by atoms with Crippen molar-refractivity contribution in [1.82, 2.24) is 4.98 Å². The van der Waals surface area contributed by atoms with Crippen molar-refractivity contribution in [3.8, 4) is 5.75 Å². The monoisotopic (exact) mass is 214 g/mol. The quantitative estimate of drug-likeness (QED) is 0.808. The van der Waals surface area contributed by atoms with Gasteiger partial charge in [0, 0.05) is 29.4 Å². The lowest BCUT2D eigenvalue weighted by molar-refractivity contribution is 0.446. The smallest absolute Gasteiger partial charge is 0.117 e. The van der Waals surface area contributed by atoms with Crippen molar-refractivity contribution in [2.45, 2.75) is 25.3 Å². The first-order valence-corrected chi connectivity index (χ1v) is 5.67. The van der Waals surface area contributed by atoms with Crippen LogP contribution in [0.2, 0.25) is 0 Å². The molecule has 3 rings (SSSR count). The zero-order valence-corrected chi connectivity index (χ0v) is 8.98. The number of rotatable bonds is 2. The Morgan fingerprint density at radius 2 is 2.12 bits per heavy atom. The van der Waals surface area contributed by atoms with Gasteiger partial charge in [-0.25, -0.2) is 0 Å². The minimum atomic E-state index is 0.265. The van der Waals surface area contributed by atoms with E-state index in [1.807, 2.05) is 12.1 Å². The Kier molecular flexibility index (Phi) is 2.17. The van der Waals surface area contributed by atoms with Crippen LogP contribution in [0.25, 0.3) is 10.9 Å². The second kappa shape index (κ2) is 3.67. The summed E-state index contributed by atoms with van der Waals surface area (Å²) in [5.41, 5.74) is 1.96. The fraction of sp³-hybridized carbons (Fsp3) is 0.308. The molecule has 1 aromatic heterocycles. The van der Waals surface area contributed by atoms with E-state index in [1.165, 1.54) is 19.3 Å². The number of hydrogen-bond acceptors (Lipinski definition) is 3.